The van der Waals surface area contributed by atoms with Crippen LogP contribution in [0.3, 0.4) is 0 Å². The zero-order chi connectivity index (χ0) is 14.0. The van der Waals surface area contributed by atoms with Crippen molar-refractivity contribution in [3.8, 4) is 0 Å². The summed E-state index contributed by atoms with van der Waals surface area (Å²) in [4.78, 5) is 32.3. The summed E-state index contributed by atoms with van der Waals surface area (Å²) in [6.45, 7) is 1.26. The van der Waals surface area contributed by atoms with Gasteiger partial charge in [0.2, 0.25) is 5.91 Å². The molecular weight excluding hydrogens is 250 g/mol. The quantitative estimate of drug-likeness (QED) is 0.611. The highest BCUT2D eigenvalue weighted by Gasteiger charge is 2.24. The van der Waals surface area contributed by atoms with Gasteiger partial charge in [-0.1, -0.05) is 6.07 Å². The van der Waals surface area contributed by atoms with Crippen molar-refractivity contribution >= 4 is 17.6 Å². The fourth-order valence-electron chi connectivity index (χ4n) is 2.20. The zero-order valence-electron chi connectivity index (χ0n) is 10.3. The molecule has 19 heavy (non-hydrogen) atoms. The van der Waals surface area contributed by atoms with E-state index in [1.165, 1.54) is 19.1 Å². The molecule has 100 valence electrons. The summed E-state index contributed by atoms with van der Waals surface area (Å²) in [5.41, 5.74) is 1.90. The Morgan fingerprint density at radius 1 is 1.32 bits per heavy atom. The van der Waals surface area contributed by atoms with E-state index in [-0.39, 0.29) is 11.7 Å². The summed E-state index contributed by atoms with van der Waals surface area (Å²) >= 11 is 0. The SMILES string of the molecule is CC(=O)NC(=O)NC1Cc2ccc([N+](=O)[O-])cc2C1. The maximum absolute atomic E-state index is 11.4. The second-order valence-electron chi connectivity index (χ2n) is 4.47. The second kappa shape index (κ2) is 5.05. The Hall–Kier alpha value is -2.44. The molecule has 0 bridgehead atoms. The van der Waals surface area contributed by atoms with Crippen LogP contribution in [0.4, 0.5) is 10.5 Å². The number of non-ortho nitro benzene ring substituents is 1. The van der Waals surface area contributed by atoms with Crippen LogP contribution >= 0.6 is 0 Å². The summed E-state index contributed by atoms with van der Waals surface area (Å²) in [5.74, 6) is -0.427. The van der Waals surface area contributed by atoms with Gasteiger partial charge in [0.15, 0.2) is 0 Å². The monoisotopic (exact) mass is 263 g/mol. The smallest absolute Gasteiger partial charge is 0.321 e. The van der Waals surface area contributed by atoms with E-state index in [1.807, 2.05) is 0 Å². The molecule has 1 aliphatic rings. The number of nitro benzene ring substituents is 1. The first-order chi connectivity index (χ1) is 8.95. The third-order valence-electron chi connectivity index (χ3n) is 2.96. The lowest BCUT2D eigenvalue weighted by Crippen LogP contribution is -2.44. The Kier molecular flexibility index (Phi) is 3.46. The number of nitrogens with one attached hydrogen (secondary N) is 2. The molecule has 1 unspecified atom stereocenters. The van der Waals surface area contributed by atoms with E-state index in [2.05, 4.69) is 10.6 Å². The van der Waals surface area contributed by atoms with Crippen molar-refractivity contribution in [3.63, 3.8) is 0 Å². The van der Waals surface area contributed by atoms with Crippen molar-refractivity contribution < 1.29 is 14.5 Å². The normalized spacial score (nSPS) is 16.6. The van der Waals surface area contributed by atoms with E-state index in [0.29, 0.717) is 12.8 Å². The molecule has 0 aromatic heterocycles. The van der Waals surface area contributed by atoms with Gasteiger partial charge < -0.3 is 5.32 Å². The van der Waals surface area contributed by atoms with E-state index in [4.69, 9.17) is 0 Å². The first-order valence-electron chi connectivity index (χ1n) is 5.80. The highest BCUT2D eigenvalue weighted by Crippen LogP contribution is 2.26. The van der Waals surface area contributed by atoms with Gasteiger partial charge >= 0.3 is 6.03 Å². The summed E-state index contributed by atoms with van der Waals surface area (Å²) in [7, 11) is 0. The number of nitrogens with zero attached hydrogens (tertiary/aromatic N) is 1. The number of carbonyl (C=O) groups excluding carboxylic acids is 2. The van der Waals surface area contributed by atoms with Crippen molar-refractivity contribution in [2.75, 3.05) is 0 Å². The maximum Gasteiger partial charge on any atom is 0.321 e. The van der Waals surface area contributed by atoms with Gasteiger partial charge in [-0.3, -0.25) is 20.2 Å². The van der Waals surface area contributed by atoms with Gasteiger partial charge in [0.05, 0.1) is 4.92 Å². The van der Waals surface area contributed by atoms with Crippen LogP contribution in [0.2, 0.25) is 0 Å². The largest absolute Gasteiger partial charge is 0.334 e. The summed E-state index contributed by atoms with van der Waals surface area (Å²) in [5, 5.41) is 15.5. The number of amides is 3. The summed E-state index contributed by atoms with van der Waals surface area (Å²) in [6, 6.07) is 4.01. The molecule has 0 aliphatic heterocycles. The number of urea groups is 1. The average Bonchev–Trinajstić information content (AvgIpc) is 2.68. The minimum absolute atomic E-state index is 0.0487. The van der Waals surface area contributed by atoms with Crippen molar-refractivity contribution in [3.05, 3.63) is 39.4 Å². The molecule has 0 saturated carbocycles. The van der Waals surface area contributed by atoms with E-state index in [0.717, 1.165) is 11.1 Å². The van der Waals surface area contributed by atoms with Crippen LogP contribution in [0.5, 0.6) is 0 Å². The number of carbonyl (C=O) groups is 2. The predicted molar refractivity (Wildman–Crippen MR) is 66.6 cm³/mol. The van der Waals surface area contributed by atoms with Gasteiger partial charge in [-0.15, -0.1) is 0 Å². The lowest BCUT2D eigenvalue weighted by atomic mass is 10.1. The Bertz CT molecular complexity index is 556. The number of rotatable bonds is 2. The molecule has 0 fully saturated rings. The highest BCUT2D eigenvalue weighted by atomic mass is 16.6. The van der Waals surface area contributed by atoms with Gasteiger partial charge in [-0.05, 0) is 24.0 Å². The molecule has 1 aromatic carbocycles. The fourth-order valence-corrected chi connectivity index (χ4v) is 2.20. The van der Waals surface area contributed by atoms with Crippen LogP contribution in [0.15, 0.2) is 18.2 Å². The molecular formula is C12H13N3O4. The van der Waals surface area contributed by atoms with Gasteiger partial charge in [0.25, 0.3) is 5.69 Å². The molecule has 2 N–H and O–H groups in total. The van der Waals surface area contributed by atoms with Crippen molar-refractivity contribution in [2.45, 2.75) is 25.8 Å². The molecule has 1 atom stereocenters. The molecule has 0 radical (unpaired) electrons. The highest BCUT2D eigenvalue weighted by molar-refractivity contribution is 5.93. The van der Waals surface area contributed by atoms with Crippen LogP contribution < -0.4 is 10.6 Å². The lowest BCUT2D eigenvalue weighted by Gasteiger charge is -2.11. The van der Waals surface area contributed by atoms with Gasteiger partial charge in [-0.25, -0.2) is 4.79 Å². The second-order valence-corrected chi connectivity index (χ2v) is 4.47. The van der Waals surface area contributed by atoms with Crippen LogP contribution in [-0.4, -0.2) is 22.9 Å². The van der Waals surface area contributed by atoms with Crippen molar-refractivity contribution in [1.82, 2.24) is 10.6 Å². The van der Waals surface area contributed by atoms with Crippen LogP contribution in [0.1, 0.15) is 18.1 Å². The Labute approximate surface area is 109 Å². The van der Waals surface area contributed by atoms with E-state index in [9.17, 15) is 19.7 Å². The maximum atomic E-state index is 11.4. The summed E-state index contributed by atoms with van der Waals surface area (Å²) in [6.07, 6.45) is 1.14. The Morgan fingerprint density at radius 2 is 2.00 bits per heavy atom. The zero-order valence-corrected chi connectivity index (χ0v) is 10.3. The van der Waals surface area contributed by atoms with E-state index in [1.54, 1.807) is 6.07 Å². The first kappa shape index (κ1) is 13.0. The van der Waals surface area contributed by atoms with Crippen molar-refractivity contribution in [2.24, 2.45) is 0 Å². The van der Waals surface area contributed by atoms with Crippen LogP contribution in [-0.2, 0) is 17.6 Å². The number of fused-ring (bicyclic) bond motifs is 1. The topological polar surface area (TPSA) is 101 Å². The third-order valence-corrected chi connectivity index (χ3v) is 2.96. The van der Waals surface area contributed by atoms with Gasteiger partial charge in [0, 0.05) is 25.1 Å². The predicted octanol–water partition coefficient (Wildman–Crippen LogP) is 0.908. The average molecular weight is 263 g/mol. The third kappa shape index (κ3) is 3.06. The molecule has 7 nitrogen and oxygen atoms in total. The molecule has 0 spiro atoms. The fraction of sp³-hybridized carbons (Fsp3) is 0.333. The number of nitro groups is 1. The van der Waals surface area contributed by atoms with Gasteiger partial charge in [-0.2, -0.15) is 0 Å². The number of hydrogen-bond acceptors (Lipinski definition) is 4. The van der Waals surface area contributed by atoms with E-state index < -0.39 is 16.9 Å². The standard InChI is InChI=1S/C12H13N3O4/c1-7(16)13-12(17)14-10-4-8-2-3-11(15(18)19)6-9(8)5-10/h2-3,6,10H,4-5H2,1H3,(H2,13,14,16,17). The Balaban J connectivity index is 2.02. The molecule has 0 heterocycles. The van der Waals surface area contributed by atoms with Crippen LogP contribution in [0.25, 0.3) is 0 Å². The number of hydrogen-bond donors (Lipinski definition) is 2. The molecule has 1 aromatic rings. The molecule has 1 aliphatic carbocycles. The van der Waals surface area contributed by atoms with Crippen molar-refractivity contribution in [1.29, 1.82) is 0 Å². The van der Waals surface area contributed by atoms with Crippen LogP contribution in [0, 0.1) is 10.1 Å². The molecule has 3 amide bonds. The van der Waals surface area contributed by atoms with Gasteiger partial charge in [0.1, 0.15) is 0 Å². The molecule has 7 heteroatoms. The molecule has 2 rings (SSSR count). The van der Waals surface area contributed by atoms with E-state index >= 15 is 0 Å². The minimum Gasteiger partial charge on any atom is -0.334 e. The summed E-state index contributed by atoms with van der Waals surface area (Å²) < 4.78 is 0. The Morgan fingerprint density at radius 3 is 2.63 bits per heavy atom. The lowest BCUT2D eigenvalue weighted by molar-refractivity contribution is -0.384. The minimum atomic E-state index is -0.542. The number of benzene rings is 1. The first-order valence-corrected chi connectivity index (χ1v) is 5.80. The number of imide groups is 1. The molecule has 0 saturated heterocycles.